The van der Waals surface area contributed by atoms with E-state index < -0.39 is 10.8 Å². The maximum absolute atomic E-state index is 12.8. The zero-order valence-electron chi connectivity index (χ0n) is 16.0. The van der Waals surface area contributed by atoms with E-state index in [1.807, 2.05) is 55.9 Å². The summed E-state index contributed by atoms with van der Waals surface area (Å²) in [5, 5.41) is 15.1. The summed E-state index contributed by atoms with van der Waals surface area (Å²) in [6.45, 7) is 6.04. The van der Waals surface area contributed by atoms with Crippen molar-refractivity contribution in [3.05, 3.63) is 52.2 Å². The zero-order chi connectivity index (χ0) is 19.6. The van der Waals surface area contributed by atoms with Gasteiger partial charge >= 0.3 is 0 Å². The van der Waals surface area contributed by atoms with Crippen molar-refractivity contribution in [1.82, 2.24) is 9.78 Å². The topological polar surface area (TPSA) is 58.7 Å². The quantitative estimate of drug-likeness (QED) is 0.726. The summed E-state index contributed by atoms with van der Waals surface area (Å²) >= 11 is 6.47. The van der Waals surface area contributed by atoms with E-state index in [2.05, 4.69) is 13.0 Å². The summed E-state index contributed by atoms with van der Waals surface area (Å²) < 4.78 is 1.89. The lowest BCUT2D eigenvalue weighted by Gasteiger charge is -2.49. The van der Waals surface area contributed by atoms with Gasteiger partial charge in [-0.3, -0.25) is 9.48 Å². The average Bonchev–Trinajstić information content (AvgIpc) is 2.96. The number of rotatable bonds is 1. The second kappa shape index (κ2) is 5.81. The lowest BCUT2D eigenvalue weighted by atomic mass is 9.52. The number of fused-ring (bicyclic) bond motifs is 3. The van der Waals surface area contributed by atoms with E-state index in [9.17, 15) is 10.1 Å². The molecule has 0 bridgehead atoms. The van der Waals surface area contributed by atoms with Crippen LogP contribution in [-0.4, -0.2) is 15.6 Å². The number of nitriles is 1. The molecule has 2 aliphatic carbocycles. The molecular formula is C22H22ClN3O. The fourth-order valence-electron chi connectivity index (χ4n) is 5.21. The maximum atomic E-state index is 12.8. The van der Waals surface area contributed by atoms with Crippen molar-refractivity contribution >= 4 is 17.4 Å². The molecule has 2 aliphatic rings. The zero-order valence-corrected chi connectivity index (χ0v) is 16.8. The van der Waals surface area contributed by atoms with Crippen molar-refractivity contribution in [2.45, 2.75) is 39.0 Å². The summed E-state index contributed by atoms with van der Waals surface area (Å²) in [5.74, 6) is 0.0503. The van der Waals surface area contributed by atoms with Gasteiger partial charge in [0.2, 0.25) is 0 Å². The molecule has 0 spiro atoms. The smallest absolute Gasteiger partial charge is 0.178 e. The lowest BCUT2D eigenvalue weighted by molar-refractivity contribution is -0.128. The number of aryl methyl sites for hydroxylation is 1. The van der Waals surface area contributed by atoms with E-state index in [0.717, 1.165) is 29.8 Å². The number of nitrogens with zero attached hydrogens (tertiary/aromatic N) is 3. The van der Waals surface area contributed by atoms with Crippen molar-refractivity contribution < 1.29 is 4.79 Å². The predicted octanol–water partition coefficient (Wildman–Crippen LogP) is 4.62. The van der Waals surface area contributed by atoms with Crippen molar-refractivity contribution in [2.75, 3.05) is 0 Å². The largest absolute Gasteiger partial charge is 0.293 e. The second-order valence-corrected chi connectivity index (χ2v) is 8.78. The molecule has 27 heavy (non-hydrogen) atoms. The van der Waals surface area contributed by atoms with Gasteiger partial charge in [-0.25, -0.2) is 0 Å². The molecular weight excluding hydrogens is 358 g/mol. The number of carbonyl (C=O) groups excluding carboxylic acids is 1. The highest BCUT2D eigenvalue weighted by atomic mass is 35.5. The van der Waals surface area contributed by atoms with Crippen LogP contribution in [0.1, 0.15) is 38.4 Å². The van der Waals surface area contributed by atoms with Gasteiger partial charge in [0.25, 0.3) is 0 Å². The summed E-state index contributed by atoms with van der Waals surface area (Å²) in [5.41, 5.74) is 3.33. The Hall–Kier alpha value is -2.38. The minimum Gasteiger partial charge on any atom is -0.293 e. The Labute approximate surface area is 164 Å². The Balaban J connectivity index is 1.98. The van der Waals surface area contributed by atoms with Crippen LogP contribution in [0.2, 0.25) is 5.02 Å². The molecule has 2 atom stereocenters. The Kier molecular flexibility index (Phi) is 3.87. The minimum absolute atomic E-state index is 0.0572. The van der Waals surface area contributed by atoms with Crippen molar-refractivity contribution in [1.29, 1.82) is 5.26 Å². The summed E-state index contributed by atoms with van der Waals surface area (Å²) in [4.78, 5) is 12.8. The molecule has 138 valence electrons. The number of carbonyl (C=O) groups is 1. The number of halogens is 1. The van der Waals surface area contributed by atoms with Crippen LogP contribution >= 0.6 is 11.6 Å². The SMILES string of the molecule is Cn1nc2c(c1-c1ccccc1Cl)CC[C@H]1C(C)(C)C(=O)C(C#N)=C[C@]21C. The summed E-state index contributed by atoms with van der Waals surface area (Å²) in [7, 11) is 1.93. The highest BCUT2D eigenvalue weighted by Gasteiger charge is 2.55. The summed E-state index contributed by atoms with van der Waals surface area (Å²) in [6.07, 6.45) is 3.57. The molecule has 1 heterocycles. The molecule has 0 aliphatic heterocycles. The van der Waals surface area contributed by atoms with Crippen LogP contribution in [0.4, 0.5) is 0 Å². The Morgan fingerprint density at radius 3 is 2.67 bits per heavy atom. The number of hydrogen-bond donors (Lipinski definition) is 0. The van der Waals surface area contributed by atoms with Gasteiger partial charge in [0.15, 0.2) is 5.78 Å². The monoisotopic (exact) mass is 379 g/mol. The lowest BCUT2D eigenvalue weighted by Crippen LogP contribution is -2.51. The fourth-order valence-corrected chi connectivity index (χ4v) is 5.44. The highest BCUT2D eigenvalue weighted by Crippen LogP contribution is 2.55. The van der Waals surface area contributed by atoms with E-state index in [0.29, 0.717) is 5.02 Å². The second-order valence-electron chi connectivity index (χ2n) is 8.37. The first-order valence-corrected chi connectivity index (χ1v) is 9.58. The van der Waals surface area contributed by atoms with Crippen LogP contribution in [-0.2, 0) is 23.7 Å². The number of ketones is 1. The van der Waals surface area contributed by atoms with Gasteiger partial charge in [0.1, 0.15) is 6.07 Å². The van der Waals surface area contributed by atoms with Gasteiger partial charge in [0.05, 0.1) is 17.0 Å². The van der Waals surface area contributed by atoms with E-state index in [1.165, 1.54) is 5.56 Å². The minimum atomic E-state index is -0.589. The van der Waals surface area contributed by atoms with Gasteiger partial charge in [-0.15, -0.1) is 0 Å². The third-order valence-electron chi connectivity index (χ3n) is 6.46. The molecule has 0 fully saturated rings. The maximum Gasteiger partial charge on any atom is 0.178 e. The molecule has 0 saturated heterocycles. The molecule has 4 nitrogen and oxygen atoms in total. The number of benzene rings is 1. The third-order valence-corrected chi connectivity index (χ3v) is 6.79. The van der Waals surface area contributed by atoms with Crippen LogP contribution in [0.25, 0.3) is 11.3 Å². The summed E-state index contributed by atoms with van der Waals surface area (Å²) in [6, 6.07) is 9.91. The molecule has 1 aromatic heterocycles. The molecule has 0 N–H and O–H groups in total. The third kappa shape index (κ3) is 2.34. The van der Waals surface area contributed by atoms with Gasteiger partial charge in [-0.1, -0.05) is 56.6 Å². The van der Waals surface area contributed by atoms with E-state index in [-0.39, 0.29) is 17.3 Å². The van der Waals surface area contributed by atoms with Crippen LogP contribution in [0, 0.1) is 22.7 Å². The van der Waals surface area contributed by atoms with Gasteiger partial charge in [-0.2, -0.15) is 10.4 Å². The Bertz CT molecular complexity index is 1040. The molecule has 0 radical (unpaired) electrons. The number of hydrogen-bond acceptors (Lipinski definition) is 3. The first kappa shape index (κ1) is 18.0. The molecule has 0 amide bonds. The fraction of sp³-hybridized carbons (Fsp3) is 0.409. The van der Waals surface area contributed by atoms with Crippen LogP contribution in [0.5, 0.6) is 0 Å². The highest BCUT2D eigenvalue weighted by molar-refractivity contribution is 6.33. The van der Waals surface area contributed by atoms with Gasteiger partial charge < -0.3 is 0 Å². The molecule has 5 heteroatoms. The number of Topliss-reactive ketones (excluding diaryl/α,β-unsaturated/α-hetero) is 1. The predicted molar refractivity (Wildman–Crippen MR) is 105 cm³/mol. The van der Waals surface area contributed by atoms with E-state index in [1.54, 1.807) is 0 Å². The normalized spacial score (nSPS) is 26.0. The Morgan fingerprint density at radius 2 is 2.00 bits per heavy atom. The number of aromatic nitrogens is 2. The van der Waals surface area contributed by atoms with Crippen molar-refractivity contribution in [2.24, 2.45) is 18.4 Å². The molecule has 4 rings (SSSR count). The number of allylic oxidation sites excluding steroid dienone is 2. The van der Waals surface area contributed by atoms with Crippen molar-refractivity contribution in [3.63, 3.8) is 0 Å². The van der Waals surface area contributed by atoms with Crippen LogP contribution in [0.15, 0.2) is 35.9 Å². The van der Waals surface area contributed by atoms with E-state index in [4.69, 9.17) is 16.7 Å². The van der Waals surface area contributed by atoms with E-state index >= 15 is 0 Å². The standard InChI is InChI=1S/C22H22ClN3O/c1-21(2)17-10-9-15-18(14-7-5-6-8-16(14)23)26(4)25-19(15)22(17,3)11-13(12-24)20(21)27/h5-8,11,17H,9-10H2,1-4H3/t17-,22-/m0/s1. The van der Waals surface area contributed by atoms with Crippen LogP contribution in [0.3, 0.4) is 0 Å². The average molecular weight is 380 g/mol. The van der Waals surface area contributed by atoms with Gasteiger partial charge in [-0.05, 0) is 24.8 Å². The van der Waals surface area contributed by atoms with Crippen LogP contribution < -0.4 is 0 Å². The first-order valence-electron chi connectivity index (χ1n) is 9.20. The molecule has 0 unspecified atom stereocenters. The molecule has 0 saturated carbocycles. The van der Waals surface area contributed by atoms with Crippen molar-refractivity contribution in [3.8, 4) is 17.3 Å². The first-order chi connectivity index (χ1) is 12.7. The Morgan fingerprint density at radius 1 is 1.30 bits per heavy atom. The molecule has 2 aromatic rings. The molecule has 1 aromatic carbocycles. The van der Waals surface area contributed by atoms with Gasteiger partial charge in [0, 0.05) is 34.0 Å².